The number of amides is 1. The molecule has 0 aliphatic heterocycles. The summed E-state index contributed by atoms with van der Waals surface area (Å²) in [5, 5.41) is 2.85. The van der Waals surface area contributed by atoms with Crippen molar-refractivity contribution < 1.29 is 14.3 Å². The number of ether oxygens (including phenoxy) is 2. The predicted molar refractivity (Wildman–Crippen MR) is 91.8 cm³/mol. The Labute approximate surface area is 141 Å². The number of hydrogen-bond donors (Lipinski definition) is 1. The Morgan fingerprint density at radius 2 is 1.71 bits per heavy atom. The number of carbonyl (C=O) groups excluding carboxylic acids is 1. The lowest BCUT2D eigenvalue weighted by Crippen LogP contribution is -2.24. The number of anilines is 1. The minimum atomic E-state index is -0.227. The number of carbonyl (C=O) groups is 1. The normalized spacial score (nSPS) is 10.2. The molecule has 0 radical (unpaired) electrons. The average Bonchev–Trinajstić information content (AvgIpc) is 2.58. The maximum atomic E-state index is 12.4. The van der Waals surface area contributed by atoms with E-state index < -0.39 is 0 Å². The number of benzene rings is 1. The van der Waals surface area contributed by atoms with Gasteiger partial charge in [-0.1, -0.05) is 0 Å². The third kappa shape index (κ3) is 4.34. The highest BCUT2D eigenvalue weighted by Gasteiger charge is 2.11. The van der Waals surface area contributed by atoms with Crippen molar-refractivity contribution in [1.29, 1.82) is 0 Å². The second kappa shape index (κ2) is 7.63. The maximum absolute atomic E-state index is 12.4. The topological polar surface area (TPSA) is 76.6 Å². The minimum absolute atomic E-state index is 0.227. The largest absolute Gasteiger partial charge is 0.497 e. The van der Waals surface area contributed by atoms with Crippen LogP contribution >= 0.6 is 0 Å². The number of nitrogens with zero attached hydrogens (tertiary/aromatic N) is 3. The quantitative estimate of drug-likeness (QED) is 0.870. The van der Waals surface area contributed by atoms with Gasteiger partial charge in [0.1, 0.15) is 11.5 Å². The van der Waals surface area contributed by atoms with E-state index >= 15 is 0 Å². The van der Waals surface area contributed by atoms with Crippen LogP contribution < -0.4 is 19.7 Å². The molecule has 24 heavy (non-hydrogen) atoms. The molecule has 1 amide bonds. The van der Waals surface area contributed by atoms with Crippen LogP contribution in [0.1, 0.15) is 21.7 Å². The van der Waals surface area contributed by atoms with Crippen LogP contribution in [0.25, 0.3) is 0 Å². The Bertz CT molecular complexity index is 710. The molecule has 0 saturated carbocycles. The molecule has 2 aromatic rings. The number of rotatable bonds is 6. The molecule has 0 aliphatic carbocycles. The summed E-state index contributed by atoms with van der Waals surface area (Å²) in [6, 6.07) is 6.88. The van der Waals surface area contributed by atoms with Crippen LogP contribution in [0.2, 0.25) is 0 Å². The second-order valence-electron chi connectivity index (χ2n) is 5.48. The summed E-state index contributed by atoms with van der Waals surface area (Å²) in [6.07, 6.45) is 0. The lowest BCUT2D eigenvalue weighted by atomic mass is 10.2. The number of nitrogens with one attached hydrogen (secondary N) is 1. The first-order valence-electron chi connectivity index (χ1n) is 7.46. The Balaban J connectivity index is 2.13. The van der Waals surface area contributed by atoms with E-state index in [1.165, 1.54) is 0 Å². The molecule has 7 nitrogen and oxygen atoms in total. The number of hydrogen-bond acceptors (Lipinski definition) is 6. The highest BCUT2D eigenvalue weighted by Crippen LogP contribution is 2.22. The molecule has 0 bridgehead atoms. The van der Waals surface area contributed by atoms with Crippen LogP contribution in [-0.2, 0) is 6.54 Å². The van der Waals surface area contributed by atoms with Crippen LogP contribution in [-0.4, -0.2) is 44.2 Å². The molecule has 0 unspecified atom stereocenters. The van der Waals surface area contributed by atoms with Crippen molar-refractivity contribution in [3.05, 3.63) is 41.2 Å². The van der Waals surface area contributed by atoms with Crippen molar-refractivity contribution in [1.82, 2.24) is 15.3 Å². The van der Waals surface area contributed by atoms with Gasteiger partial charge in [0.15, 0.2) is 0 Å². The maximum Gasteiger partial charge on any atom is 0.251 e. The van der Waals surface area contributed by atoms with Gasteiger partial charge in [-0.2, -0.15) is 0 Å². The van der Waals surface area contributed by atoms with E-state index in [2.05, 4.69) is 15.3 Å². The fraction of sp³-hybridized carbons (Fsp3) is 0.353. The average molecular weight is 330 g/mol. The van der Waals surface area contributed by atoms with Gasteiger partial charge in [0, 0.05) is 31.4 Å². The molecule has 0 spiro atoms. The van der Waals surface area contributed by atoms with Gasteiger partial charge < -0.3 is 19.7 Å². The van der Waals surface area contributed by atoms with E-state index in [-0.39, 0.29) is 5.91 Å². The van der Waals surface area contributed by atoms with Gasteiger partial charge in [-0.3, -0.25) is 4.79 Å². The summed E-state index contributed by atoms with van der Waals surface area (Å²) >= 11 is 0. The molecule has 1 N–H and O–H groups in total. The number of methoxy groups -OCH3 is 2. The fourth-order valence-corrected chi connectivity index (χ4v) is 2.12. The van der Waals surface area contributed by atoms with E-state index in [9.17, 15) is 4.79 Å². The van der Waals surface area contributed by atoms with E-state index in [0.29, 0.717) is 29.6 Å². The van der Waals surface area contributed by atoms with Crippen LogP contribution in [0.3, 0.4) is 0 Å². The third-order valence-corrected chi connectivity index (χ3v) is 3.34. The van der Waals surface area contributed by atoms with Gasteiger partial charge in [0.05, 0.1) is 26.5 Å². The first kappa shape index (κ1) is 17.5. The molecule has 0 aliphatic rings. The molecule has 0 saturated heterocycles. The smallest absolute Gasteiger partial charge is 0.251 e. The summed E-state index contributed by atoms with van der Waals surface area (Å²) in [5.41, 5.74) is 2.06. The zero-order valence-corrected chi connectivity index (χ0v) is 14.6. The van der Waals surface area contributed by atoms with Crippen LogP contribution in [0.4, 0.5) is 5.95 Å². The molecule has 1 aromatic carbocycles. The number of aromatic nitrogens is 2. The van der Waals surface area contributed by atoms with E-state index in [1.807, 2.05) is 32.0 Å². The van der Waals surface area contributed by atoms with Gasteiger partial charge in [0.2, 0.25) is 5.95 Å². The Morgan fingerprint density at radius 1 is 1.08 bits per heavy atom. The molecule has 128 valence electrons. The summed E-state index contributed by atoms with van der Waals surface area (Å²) in [7, 11) is 6.84. The monoisotopic (exact) mass is 330 g/mol. The first-order valence-corrected chi connectivity index (χ1v) is 7.46. The summed E-state index contributed by atoms with van der Waals surface area (Å²) in [5.74, 6) is 1.51. The van der Waals surface area contributed by atoms with E-state index in [1.54, 1.807) is 32.4 Å². The highest BCUT2D eigenvalue weighted by atomic mass is 16.5. The molecular formula is C17H22N4O3. The fourth-order valence-electron chi connectivity index (χ4n) is 2.12. The van der Waals surface area contributed by atoms with E-state index in [0.717, 1.165) is 11.4 Å². The van der Waals surface area contributed by atoms with Gasteiger partial charge in [0.25, 0.3) is 5.91 Å². The molecular weight excluding hydrogens is 308 g/mol. The van der Waals surface area contributed by atoms with Crippen LogP contribution in [0.5, 0.6) is 11.5 Å². The van der Waals surface area contributed by atoms with Gasteiger partial charge in [-0.25, -0.2) is 9.97 Å². The summed E-state index contributed by atoms with van der Waals surface area (Å²) in [4.78, 5) is 23.0. The van der Waals surface area contributed by atoms with E-state index in [4.69, 9.17) is 9.47 Å². The van der Waals surface area contributed by atoms with Crippen molar-refractivity contribution in [2.45, 2.75) is 13.5 Å². The lowest BCUT2D eigenvalue weighted by Gasteiger charge is -2.13. The van der Waals surface area contributed by atoms with Crippen molar-refractivity contribution in [2.75, 3.05) is 33.2 Å². The van der Waals surface area contributed by atoms with Crippen molar-refractivity contribution >= 4 is 11.9 Å². The Hall–Kier alpha value is -2.83. The lowest BCUT2D eigenvalue weighted by molar-refractivity contribution is 0.0949. The third-order valence-electron chi connectivity index (χ3n) is 3.34. The molecule has 0 fully saturated rings. The molecule has 7 heteroatoms. The van der Waals surface area contributed by atoms with Gasteiger partial charge in [-0.05, 0) is 25.1 Å². The molecule has 2 rings (SSSR count). The summed E-state index contributed by atoms with van der Waals surface area (Å²) in [6.45, 7) is 2.20. The van der Waals surface area contributed by atoms with Crippen molar-refractivity contribution in [3.63, 3.8) is 0 Å². The SMILES string of the molecule is COc1cc(OC)cc(C(=O)NCc2cc(C)nc(N(C)C)n2)c1. The van der Waals surface area contributed by atoms with Gasteiger partial charge >= 0.3 is 0 Å². The highest BCUT2D eigenvalue weighted by molar-refractivity contribution is 5.95. The molecule has 1 heterocycles. The molecule has 1 aromatic heterocycles. The van der Waals surface area contributed by atoms with Crippen LogP contribution in [0, 0.1) is 6.92 Å². The Kier molecular flexibility index (Phi) is 5.57. The Morgan fingerprint density at radius 3 is 2.25 bits per heavy atom. The van der Waals surface area contributed by atoms with Crippen LogP contribution in [0.15, 0.2) is 24.3 Å². The second-order valence-corrected chi connectivity index (χ2v) is 5.48. The zero-order valence-electron chi connectivity index (χ0n) is 14.6. The van der Waals surface area contributed by atoms with Crippen molar-refractivity contribution in [3.8, 4) is 11.5 Å². The zero-order chi connectivity index (χ0) is 17.7. The molecule has 0 atom stereocenters. The summed E-state index contributed by atoms with van der Waals surface area (Å²) < 4.78 is 10.4. The standard InChI is InChI=1S/C17H22N4O3/c1-11-6-13(20-17(19-11)21(2)3)10-18-16(22)12-7-14(23-4)9-15(8-12)24-5/h6-9H,10H2,1-5H3,(H,18,22). The predicted octanol–water partition coefficient (Wildman–Crippen LogP) is 1.80. The van der Waals surface area contributed by atoms with Gasteiger partial charge in [-0.15, -0.1) is 0 Å². The van der Waals surface area contributed by atoms with Crippen molar-refractivity contribution in [2.24, 2.45) is 0 Å². The number of aryl methyl sites for hydroxylation is 1. The first-order chi connectivity index (χ1) is 11.4. The minimum Gasteiger partial charge on any atom is -0.497 e.